The monoisotopic (exact) mass is 195 g/mol. The molecule has 1 aliphatic heterocycles. The van der Waals surface area contributed by atoms with E-state index in [0.717, 1.165) is 31.7 Å². The molecule has 1 aromatic heterocycles. The highest BCUT2D eigenvalue weighted by Crippen LogP contribution is 2.24. The van der Waals surface area contributed by atoms with Gasteiger partial charge >= 0.3 is 0 Å². The van der Waals surface area contributed by atoms with E-state index in [1.165, 1.54) is 0 Å². The lowest BCUT2D eigenvalue weighted by molar-refractivity contribution is 0.0452. The molecule has 3 nitrogen and oxygen atoms in total. The second-order valence-electron chi connectivity index (χ2n) is 3.98. The average Bonchev–Trinajstić information content (AvgIpc) is 2.69. The second kappa shape index (κ2) is 4.15. The van der Waals surface area contributed by atoms with Crippen LogP contribution in [0.25, 0.3) is 0 Å². The van der Waals surface area contributed by atoms with Crippen molar-refractivity contribution in [1.29, 1.82) is 0 Å². The summed E-state index contributed by atoms with van der Waals surface area (Å²) in [7, 11) is 0. The highest BCUT2D eigenvalue weighted by Gasteiger charge is 2.23. The summed E-state index contributed by atoms with van der Waals surface area (Å²) in [6.07, 6.45) is 3.54. The maximum atomic E-state index is 9.55. The molecule has 1 N–H and O–H groups in total. The minimum atomic E-state index is -0.166. The molecular formula is C11H17NO2. The lowest BCUT2D eigenvalue weighted by Crippen LogP contribution is -2.39. The Morgan fingerprint density at radius 2 is 2.50 bits per heavy atom. The van der Waals surface area contributed by atoms with Gasteiger partial charge in [0.15, 0.2) is 0 Å². The summed E-state index contributed by atoms with van der Waals surface area (Å²) in [6, 6.07) is 4.18. The molecule has 1 aromatic rings. The summed E-state index contributed by atoms with van der Waals surface area (Å²) in [5, 5.41) is 9.55. The molecule has 78 valence electrons. The quantitative estimate of drug-likeness (QED) is 0.781. The molecule has 0 radical (unpaired) electrons. The van der Waals surface area contributed by atoms with Crippen molar-refractivity contribution in [3.8, 4) is 0 Å². The van der Waals surface area contributed by atoms with E-state index >= 15 is 0 Å². The van der Waals surface area contributed by atoms with E-state index in [4.69, 9.17) is 4.42 Å². The molecule has 2 heterocycles. The van der Waals surface area contributed by atoms with Crippen molar-refractivity contribution in [2.24, 2.45) is 0 Å². The van der Waals surface area contributed by atoms with E-state index < -0.39 is 0 Å². The van der Waals surface area contributed by atoms with Crippen molar-refractivity contribution in [1.82, 2.24) is 4.90 Å². The van der Waals surface area contributed by atoms with Crippen molar-refractivity contribution in [3.05, 3.63) is 24.2 Å². The van der Waals surface area contributed by atoms with Crippen LogP contribution in [0.15, 0.2) is 22.8 Å². The van der Waals surface area contributed by atoms with Gasteiger partial charge in [0.05, 0.1) is 18.4 Å². The zero-order chi connectivity index (χ0) is 9.97. The van der Waals surface area contributed by atoms with Gasteiger partial charge in [-0.3, -0.25) is 4.90 Å². The molecular weight excluding hydrogens is 178 g/mol. The standard InChI is InChI=1S/C11H17NO2/c1-9(11-5-3-7-14-11)12-6-2-4-10(13)8-12/h3,5,7,9-10,13H,2,4,6,8H2,1H3/t9?,10-/m0/s1. The van der Waals surface area contributed by atoms with E-state index in [9.17, 15) is 5.11 Å². The van der Waals surface area contributed by atoms with Gasteiger partial charge in [0.25, 0.3) is 0 Å². The van der Waals surface area contributed by atoms with Gasteiger partial charge in [0.1, 0.15) is 5.76 Å². The fourth-order valence-corrected chi connectivity index (χ4v) is 2.04. The molecule has 0 bridgehead atoms. The number of likely N-dealkylation sites (tertiary alicyclic amines) is 1. The third kappa shape index (κ3) is 1.99. The van der Waals surface area contributed by atoms with E-state index in [-0.39, 0.29) is 12.1 Å². The van der Waals surface area contributed by atoms with Gasteiger partial charge in [-0.25, -0.2) is 0 Å². The molecule has 3 heteroatoms. The molecule has 1 aliphatic rings. The van der Waals surface area contributed by atoms with E-state index in [2.05, 4.69) is 11.8 Å². The number of hydrogen-bond donors (Lipinski definition) is 1. The minimum absolute atomic E-state index is 0.166. The summed E-state index contributed by atoms with van der Waals surface area (Å²) < 4.78 is 5.36. The van der Waals surface area contributed by atoms with Crippen LogP contribution in [-0.4, -0.2) is 29.2 Å². The largest absolute Gasteiger partial charge is 0.468 e. The smallest absolute Gasteiger partial charge is 0.120 e. The molecule has 1 unspecified atom stereocenters. The molecule has 0 saturated carbocycles. The fraction of sp³-hybridized carbons (Fsp3) is 0.636. The van der Waals surface area contributed by atoms with Gasteiger partial charge in [0, 0.05) is 6.54 Å². The highest BCUT2D eigenvalue weighted by molar-refractivity contribution is 5.04. The Bertz CT molecular complexity index is 271. The highest BCUT2D eigenvalue weighted by atomic mass is 16.3. The topological polar surface area (TPSA) is 36.6 Å². The molecule has 0 amide bonds. The third-order valence-corrected chi connectivity index (χ3v) is 2.93. The maximum Gasteiger partial charge on any atom is 0.120 e. The molecule has 2 rings (SSSR count). The SMILES string of the molecule is CC(c1ccco1)N1CCC[C@H](O)C1. The maximum absolute atomic E-state index is 9.55. The van der Waals surface area contributed by atoms with Crippen molar-refractivity contribution in [3.63, 3.8) is 0 Å². The van der Waals surface area contributed by atoms with E-state index in [1.54, 1.807) is 6.26 Å². The van der Waals surface area contributed by atoms with Gasteiger partial charge < -0.3 is 9.52 Å². The number of nitrogens with zero attached hydrogens (tertiary/aromatic N) is 1. The molecule has 2 atom stereocenters. The van der Waals surface area contributed by atoms with Crippen LogP contribution in [0.3, 0.4) is 0 Å². The number of hydrogen-bond acceptors (Lipinski definition) is 3. The lowest BCUT2D eigenvalue weighted by Gasteiger charge is -2.33. The predicted octanol–water partition coefficient (Wildman–Crippen LogP) is 1.80. The second-order valence-corrected chi connectivity index (χ2v) is 3.98. The number of aliphatic hydroxyl groups excluding tert-OH is 1. The Balaban J connectivity index is 2.00. The molecule has 0 aromatic carbocycles. The molecule has 0 spiro atoms. The number of aliphatic hydroxyl groups is 1. The first kappa shape index (κ1) is 9.74. The van der Waals surface area contributed by atoms with Gasteiger partial charge in [-0.05, 0) is 38.4 Å². The van der Waals surface area contributed by atoms with Crippen LogP contribution in [0.1, 0.15) is 31.6 Å². The zero-order valence-corrected chi connectivity index (χ0v) is 8.52. The first-order chi connectivity index (χ1) is 6.77. The molecule has 14 heavy (non-hydrogen) atoms. The normalized spacial score (nSPS) is 26.3. The zero-order valence-electron chi connectivity index (χ0n) is 8.52. The number of piperidine rings is 1. The van der Waals surface area contributed by atoms with Crippen LogP contribution in [0.2, 0.25) is 0 Å². The Morgan fingerprint density at radius 1 is 1.64 bits per heavy atom. The fourth-order valence-electron chi connectivity index (χ4n) is 2.04. The third-order valence-electron chi connectivity index (χ3n) is 2.93. The van der Waals surface area contributed by atoms with E-state index in [1.807, 2.05) is 12.1 Å². The van der Waals surface area contributed by atoms with Crippen LogP contribution < -0.4 is 0 Å². The summed E-state index contributed by atoms with van der Waals surface area (Å²) in [5.74, 6) is 0.985. The van der Waals surface area contributed by atoms with Crippen LogP contribution in [-0.2, 0) is 0 Å². The van der Waals surface area contributed by atoms with Gasteiger partial charge in [0.2, 0.25) is 0 Å². The van der Waals surface area contributed by atoms with Crippen molar-refractivity contribution < 1.29 is 9.52 Å². The van der Waals surface area contributed by atoms with Crippen molar-refractivity contribution in [2.45, 2.75) is 31.9 Å². The summed E-state index contributed by atoms with van der Waals surface area (Å²) in [6.45, 7) is 3.94. The van der Waals surface area contributed by atoms with Gasteiger partial charge in [-0.15, -0.1) is 0 Å². The Morgan fingerprint density at radius 3 is 3.14 bits per heavy atom. The number of furan rings is 1. The Labute approximate surface area is 84.3 Å². The summed E-state index contributed by atoms with van der Waals surface area (Å²) >= 11 is 0. The number of rotatable bonds is 2. The van der Waals surface area contributed by atoms with Crippen LogP contribution >= 0.6 is 0 Å². The lowest BCUT2D eigenvalue weighted by atomic mass is 10.1. The Kier molecular flexibility index (Phi) is 2.89. The van der Waals surface area contributed by atoms with E-state index in [0.29, 0.717) is 0 Å². The summed E-state index contributed by atoms with van der Waals surface area (Å²) in [5.41, 5.74) is 0. The molecule has 1 saturated heterocycles. The van der Waals surface area contributed by atoms with Crippen molar-refractivity contribution in [2.75, 3.05) is 13.1 Å². The first-order valence-electron chi connectivity index (χ1n) is 5.23. The number of β-amino-alcohol motifs (C(OH)–C–C–N with tert-alkyl or cyclic N) is 1. The van der Waals surface area contributed by atoms with Crippen LogP contribution in [0, 0.1) is 0 Å². The Hall–Kier alpha value is -0.800. The van der Waals surface area contributed by atoms with Crippen LogP contribution in [0.5, 0.6) is 0 Å². The van der Waals surface area contributed by atoms with Crippen molar-refractivity contribution >= 4 is 0 Å². The van der Waals surface area contributed by atoms with Gasteiger partial charge in [-0.2, -0.15) is 0 Å². The first-order valence-corrected chi connectivity index (χ1v) is 5.23. The average molecular weight is 195 g/mol. The predicted molar refractivity (Wildman–Crippen MR) is 53.9 cm³/mol. The summed E-state index contributed by atoms with van der Waals surface area (Å²) in [4.78, 5) is 2.27. The molecule has 0 aliphatic carbocycles. The van der Waals surface area contributed by atoms with Crippen LogP contribution in [0.4, 0.5) is 0 Å². The molecule has 1 fully saturated rings. The minimum Gasteiger partial charge on any atom is -0.468 e. The van der Waals surface area contributed by atoms with Gasteiger partial charge in [-0.1, -0.05) is 0 Å².